The van der Waals surface area contributed by atoms with Crippen molar-refractivity contribution in [1.82, 2.24) is 10.6 Å². The second-order valence-corrected chi connectivity index (χ2v) is 7.71. The number of nitrogens with one attached hydrogen (secondary N) is 2. The molecular weight excluding hydrogens is 387 g/mol. The molecule has 2 N–H and O–H groups in total. The summed E-state index contributed by atoms with van der Waals surface area (Å²) in [4.78, 5) is 25.1. The van der Waals surface area contributed by atoms with Gasteiger partial charge in [0, 0.05) is 18.5 Å². The van der Waals surface area contributed by atoms with Crippen molar-refractivity contribution in [3.63, 3.8) is 0 Å². The maximum atomic E-state index is 13.9. The topological polar surface area (TPSA) is 76.7 Å². The number of hydrogen-bond donors (Lipinski definition) is 2. The highest BCUT2D eigenvalue weighted by Crippen LogP contribution is 2.29. The zero-order chi connectivity index (χ0) is 21.5. The lowest BCUT2D eigenvalue weighted by molar-refractivity contribution is -0.129. The summed E-state index contributed by atoms with van der Waals surface area (Å²) < 4.78 is 24.6. The summed E-state index contributed by atoms with van der Waals surface area (Å²) in [5.41, 5.74) is 2.04. The van der Waals surface area contributed by atoms with E-state index in [1.165, 1.54) is 12.1 Å². The predicted molar refractivity (Wildman–Crippen MR) is 110 cm³/mol. The van der Waals surface area contributed by atoms with Crippen LogP contribution in [-0.2, 0) is 27.4 Å². The first kappa shape index (κ1) is 21.8. The van der Waals surface area contributed by atoms with Gasteiger partial charge in [-0.15, -0.1) is 0 Å². The number of carbonyl (C=O) groups is 2. The summed E-state index contributed by atoms with van der Waals surface area (Å²) in [6.45, 7) is 4.59. The van der Waals surface area contributed by atoms with E-state index < -0.39 is 6.04 Å². The third-order valence-corrected chi connectivity index (χ3v) is 4.74. The fraction of sp³-hybridized carbons (Fsp3) is 0.391. The Hall–Kier alpha value is -2.93. The molecule has 1 aliphatic heterocycles. The molecule has 3 rings (SSSR count). The van der Waals surface area contributed by atoms with E-state index in [1.54, 1.807) is 12.1 Å². The van der Waals surface area contributed by atoms with E-state index in [9.17, 15) is 14.0 Å². The normalized spacial score (nSPS) is 13.9. The molecule has 0 fully saturated rings. The SMILES string of the molecule is CC(C)CC(=O)NC(C(=O)NCCc1cc(F)cc2c1OCOC2)c1ccccc1. The number of fused-ring (bicyclic) bond motifs is 1. The highest BCUT2D eigenvalue weighted by atomic mass is 19.1. The minimum Gasteiger partial charge on any atom is -0.467 e. The Morgan fingerprint density at radius 3 is 2.67 bits per heavy atom. The van der Waals surface area contributed by atoms with Gasteiger partial charge in [-0.25, -0.2) is 4.39 Å². The van der Waals surface area contributed by atoms with Gasteiger partial charge in [0.05, 0.1) is 6.61 Å². The molecule has 2 aromatic carbocycles. The molecule has 1 aliphatic rings. The molecular formula is C23H27FN2O4. The first-order chi connectivity index (χ1) is 14.4. The lowest BCUT2D eigenvalue weighted by Gasteiger charge is -2.22. The number of carbonyl (C=O) groups excluding carboxylic acids is 2. The van der Waals surface area contributed by atoms with Gasteiger partial charge in [0.1, 0.15) is 17.6 Å². The van der Waals surface area contributed by atoms with Crippen molar-refractivity contribution in [2.45, 2.75) is 39.3 Å². The van der Waals surface area contributed by atoms with Crippen LogP contribution in [0.5, 0.6) is 5.75 Å². The standard InChI is InChI=1S/C23H27FN2O4/c1-15(2)10-20(27)26-21(16-6-4-3-5-7-16)23(28)25-9-8-17-11-19(24)12-18-13-29-14-30-22(17)18/h3-7,11-12,15,21H,8-10,13-14H2,1-2H3,(H,25,28)(H,26,27). The van der Waals surface area contributed by atoms with Crippen LogP contribution in [0, 0.1) is 11.7 Å². The molecule has 0 saturated heterocycles. The van der Waals surface area contributed by atoms with Crippen molar-refractivity contribution in [1.29, 1.82) is 0 Å². The van der Waals surface area contributed by atoms with Crippen molar-refractivity contribution in [2.24, 2.45) is 5.92 Å². The average Bonchev–Trinajstić information content (AvgIpc) is 2.72. The molecule has 0 aliphatic carbocycles. The van der Waals surface area contributed by atoms with E-state index in [4.69, 9.17) is 9.47 Å². The molecule has 7 heteroatoms. The van der Waals surface area contributed by atoms with E-state index >= 15 is 0 Å². The van der Waals surface area contributed by atoms with Crippen LogP contribution in [0.2, 0.25) is 0 Å². The van der Waals surface area contributed by atoms with Crippen LogP contribution in [-0.4, -0.2) is 25.2 Å². The second-order valence-electron chi connectivity index (χ2n) is 7.71. The van der Waals surface area contributed by atoms with Crippen LogP contribution in [0.4, 0.5) is 4.39 Å². The van der Waals surface area contributed by atoms with Gasteiger partial charge >= 0.3 is 0 Å². The zero-order valence-electron chi connectivity index (χ0n) is 17.2. The molecule has 2 amide bonds. The van der Waals surface area contributed by atoms with Crippen LogP contribution in [0.3, 0.4) is 0 Å². The zero-order valence-corrected chi connectivity index (χ0v) is 17.2. The summed E-state index contributed by atoms with van der Waals surface area (Å²) in [7, 11) is 0. The Balaban J connectivity index is 1.66. The van der Waals surface area contributed by atoms with Crippen LogP contribution in [0.1, 0.15) is 43.0 Å². The molecule has 160 valence electrons. The van der Waals surface area contributed by atoms with Gasteiger partial charge in [0.2, 0.25) is 11.8 Å². The number of amides is 2. The number of halogens is 1. The van der Waals surface area contributed by atoms with E-state index in [1.807, 2.05) is 32.0 Å². The largest absolute Gasteiger partial charge is 0.467 e. The molecule has 0 spiro atoms. The summed E-state index contributed by atoms with van der Waals surface area (Å²) in [6.07, 6.45) is 0.735. The molecule has 30 heavy (non-hydrogen) atoms. The van der Waals surface area contributed by atoms with Gasteiger partial charge in [-0.2, -0.15) is 0 Å². The highest BCUT2D eigenvalue weighted by Gasteiger charge is 2.23. The van der Waals surface area contributed by atoms with Gasteiger partial charge < -0.3 is 20.1 Å². The highest BCUT2D eigenvalue weighted by molar-refractivity contribution is 5.88. The van der Waals surface area contributed by atoms with E-state index in [2.05, 4.69) is 10.6 Å². The maximum Gasteiger partial charge on any atom is 0.247 e. The Morgan fingerprint density at radius 2 is 1.93 bits per heavy atom. The van der Waals surface area contributed by atoms with E-state index in [0.717, 1.165) is 0 Å². The fourth-order valence-corrected chi connectivity index (χ4v) is 3.40. The lowest BCUT2D eigenvalue weighted by Crippen LogP contribution is -2.41. The molecule has 0 radical (unpaired) electrons. The van der Waals surface area contributed by atoms with Gasteiger partial charge in [0.25, 0.3) is 0 Å². The van der Waals surface area contributed by atoms with Crippen molar-refractivity contribution in [2.75, 3.05) is 13.3 Å². The van der Waals surface area contributed by atoms with Crippen molar-refractivity contribution in [3.05, 3.63) is 65.0 Å². The molecule has 0 bridgehead atoms. The predicted octanol–water partition coefficient (Wildman–Crippen LogP) is 3.25. The van der Waals surface area contributed by atoms with Gasteiger partial charge in [0.15, 0.2) is 6.79 Å². The van der Waals surface area contributed by atoms with Crippen molar-refractivity contribution >= 4 is 11.8 Å². The number of ether oxygens (including phenoxy) is 2. The number of rotatable bonds is 8. The Kier molecular flexibility index (Phi) is 7.41. The molecule has 1 unspecified atom stereocenters. The Morgan fingerprint density at radius 1 is 1.17 bits per heavy atom. The summed E-state index contributed by atoms with van der Waals surface area (Å²) in [5, 5.41) is 5.67. The second kappa shape index (κ2) is 10.2. The quantitative estimate of drug-likeness (QED) is 0.695. The monoisotopic (exact) mass is 414 g/mol. The van der Waals surface area contributed by atoms with E-state index in [-0.39, 0.29) is 36.9 Å². The maximum absolute atomic E-state index is 13.9. The molecule has 6 nitrogen and oxygen atoms in total. The Bertz CT molecular complexity index is 886. The van der Waals surface area contributed by atoms with Crippen LogP contribution < -0.4 is 15.4 Å². The summed E-state index contributed by atoms with van der Waals surface area (Å²) in [6, 6.07) is 11.1. The molecule has 1 heterocycles. The average molecular weight is 414 g/mol. The minimum atomic E-state index is -0.788. The first-order valence-corrected chi connectivity index (χ1v) is 10.1. The van der Waals surface area contributed by atoms with E-state index in [0.29, 0.717) is 41.9 Å². The third kappa shape index (κ3) is 5.79. The van der Waals surface area contributed by atoms with Crippen LogP contribution in [0.15, 0.2) is 42.5 Å². The van der Waals surface area contributed by atoms with Crippen molar-refractivity contribution < 1.29 is 23.5 Å². The molecule has 1 atom stereocenters. The first-order valence-electron chi connectivity index (χ1n) is 10.1. The lowest BCUT2D eigenvalue weighted by atomic mass is 10.0. The van der Waals surface area contributed by atoms with Gasteiger partial charge in [-0.1, -0.05) is 44.2 Å². The smallest absolute Gasteiger partial charge is 0.247 e. The summed E-state index contributed by atoms with van der Waals surface area (Å²) >= 11 is 0. The summed E-state index contributed by atoms with van der Waals surface area (Å²) in [5.74, 6) is -0.0592. The number of hydrogen-bond acceptors (Lipinski definition) is 4. The molecule has 2 aromatic rings. The van der Waals surface area contributed by atoms with Crippen LogP contribution >= 0.6 is 0 Å². The van der Waals surface area contributed by atoms with Crippen molar-refractivity contribution in [3.8, 4) is 5.75 Å². The van der Waals surface area contributed by atoms with Gasteiger partial charge in [-0.05, 0) is 35.6 Å². The Labute approximate surface area is 175 Å². The molecule has 0 saturated carbocycles. The third-order valence-electron chi connectivity index (χ3n) is 4.74. The number of benzene rings is 2. The van der Waals surface area contributed by atoms with Gasteiger partial charge in [-0.3, -0.25) is 9.59 Å². The van der Waals surface area contributed by atoms with Crippen LogP contribution in [0.25, 0.3) is 0 Å². The fourth-order valence-electron chi connectivity index (χ4n) is 3.40. The molecule has 0 aromatic heterocycles. The minimum absolute atomic E-state index is 0.121.